The lowest BCUT2D eigenvalue weighted by molar-refractivity contribution is 0.107. The lowest BCUT2D eigenvalue weighted by atomic mass is 9.99. The first-order valence-electron chi connectivity index (χ1n) is 8.84. The fraction of sp³-hybridized carbons (Fsp3) is 0.143. The van der Waals surface area contributed by atoms with Crippen LogP contribution in [0.1, 0.15) is 11.1 Å². The van der Waals surface area contributed by atoms with Crippen molar-refractivity contribution in [2.24, 2.45) is 0 Å². The van der Waals surface area contributed by atoms with E-state index in [1.807, 2.05) is 0 Å². The van der Waals surface area contributed by atoms with Crippen molar-refractivity contribution in [1.29, 1.82) is 0 Å². The Labute approximate surface area is 177 Å². The van der Waals surface area contributed by atoms with Crippen LogP contribution in [0.15, 0.2) is 53.4 Å². The number of ether oxygens (including phenoxy) is 2. The molecule has 1 heterocycles. The zero-order chi connectivity index (χ0) is 21.5. The maximum Gasteiger partial charge on any atom is 0.265 e. The molecule has 0 fully saturated rings. The average molecular weight is 452 g/mol. The number of anilines is 1. The maximum atomic E-state index is 14.5. The van der Waals surface area contributed by atoms with Crippen molar-refractivity contribution in [3.63, 3.8) is 0 Å². The van der Waals surface area contributed by atoms with Crippen molar-refractivity contribution in [3.8, 4) is 16.9 Å². The van der Waals surface area contributed by atoms with Gasteiger partial charge in [0.1, 0.15) is 4.90 Å². The molecule has 9 heteroatoms. The molecule has 0 aromatic heterocycles. The first kappa shape index (κ1) is 20.6. The number of hydrogen-bond donors (Lipinski definition) is 1. The Morgan fingerprint density at radius 3 is 2.63 bits per heavy atom. The number of nitrogens with one attached hydrogen (secondary N) is 1. The highest BCUT2D eigenvalue weighted by molar-refractivity contribution is 7.92. The van der Waals surface area contributed by atoms with Crippen LogP contribution in [-0.4, -0.2) is 15.5 Å². The number of halogens is 3. The molecule has 3 aromatic rings. The topological polar surface area (TPSA) is 64.6 Å². The van der Waals surface area contributed by atoms with E-state index in [9.17, 15) is 17.2 Å². The third-order valence-electron chi connectivity index (χ3n) is 4.69. The average Bonchev–Trinajstić information content (AvgIpc) is 2.71. The molecular formula is C21H16ClF2NO4S. The minimum atomic E-state index is -4.36. The van der Waals surface area contributed by atoms with Crippen molar-refractivity contribution in [3.05, 3.63) is 76.3 Å². The van der Waals surface area contributed by atoms with Crippen LogP contribution in [0.25, 0.3) is 11.1 Å². The molecule has 1 aliphatic heterocycles. The molecule has 1 N–H and O–H groups in total. The molecule has 1 aliphatic rings. The number of rotatable bonds is 1. The monoisotopic (exact) mass is 451 g/mol. The van der Waals surface area contributed by atoms with E-state index in [0.717, 1.165) is 11.6 Å². The zero-order valence-electron chi connectivity index (χ0n) is 15.7. The molecule has 0 spiro atoms. The first-order valence-corrected chi connectivity index (χ1v) is 10.7. The number of hydrogen-bond acceptors (Lipinski definition) is 4. The molecule has 0 atom stereocenters. The van der Waals surface area contributed by atoms with Gasteiger partial charge in [0.15, 0.2) is 17.4 Å². The maximum absolute atomic E-state index is 14.5. The van der Waals surface area contributed by atoms with Gasteiger partial charge in [-0.05, 0) is 46.5 Å². The highest BCUT2D eigenvalue weighted by atomic mass is 35.5. The SMILES string of the molecule is COc1c(Cl)cc2cc1S(=O)(=O)Nc1cc(cc(F)c1F)-c1ccccc1COC2. The van der Waals surface area contributed by atoms with Crippen LogP contribution in [-0.2, 0) is 28.0 Å². The van der Waals surface area contributed by atoms with Gasteiger partial charge in [0.05, 0.1) is 31.0 Å². The molecule has 0 aliphatic carbocycles. The van der Waals surface area contributed by atoms with Gasteiger partial charge < -0.3 is 9.47 Å². The summed E-state index contributed by atoms with van der Waals surface area (Å²) >= 11 is 6.20. The third-order valence-corrected chi connectivity index (χ3v) is 6.34. The van der Waals surface area contributed by atoms with Gasteiger partial charge in [-0.3, -0.25) is 4.72 Å². The number of sulfonamides is 1. The van der Waals surface area contributed by atoms with Crippen LogP contribution in [0, 0.1) is 11.6 Å². The molecule has 0 unspecified atom stereocenters. The van der Waals surface area contributed by atoms with E-state index in [-0.39, 0.29) is 28.9 Å². The van der Waals surface area contributed by atoms with Gasteiger partial charge >= 0.3 is 0 Å². The van der Waals surface area contributed by atoms with Crippen LogP contribution in [0.2, 0.25) is 5.02 Å². The second-order valence-corrected chi connectivity index (χ2v) is 8.74. The van der Waals surface area contributed by atoms with E-state index in [1.54, 1.807) is 24.3 Å². The second kappa shape index (κ2) is 7.86. The van der Waals surface area contributed by atoms with E-state index in [0.29, 0.717) is 16.7 Å². The molecule has 4 rings (SSSR count). The predicted octanol–water partition coefficient (Wildman–Crippen LogP) is 5.12. The molecule has 156 valence electrons. The largest absolute Gasteiger partial charge is 0.494 e. The summed E-state index contributed by atoms with van der Waals surface area (Å²) in [6.45, 7) is 0.241. The highest BCUT2D eigenvalue weighted by Crippen LogP contribution is 2.37. The van der Waals surface area contributed by atoms with Crippen LogP contribution >= 0.6 is 11.6 Å². The van der Waals surface area contributed by atoms with E-state index in [1.165, 1.54) is 25.3 Å². The quantitative estimate of drug-likeness (QED) is 0.557. The number of benzene rings is 3. The molecule has 0 saturated carbocycles. The molecule has 0 amide bonds. The normalized spacial score (nSPS) is 15.1. The molecule has 0 saturated heterocycles. The van der Waals surface area contributed by atoms with Crippen molar-refractivity contribution in [2.75, 3.05) is 11.8 Å². The van der Waals surface area contributed by atoms with Crippen molar-refractivity contribution < 1.29 is 26.7 Å². The summed E-state index contributed by atoms with van der Waals surface area (Å²) in [4.78, 5) is -0.307. The summed E-state index contributed by atoms with van der Waals surface area (Å²) in [6, 6.07) is 12.2. The highest BCUT2D eigenvalue weighted by Gasteiger charge is 2.26. The Morgan fingerprint density at radius 2 is 1.87 bits per heavy atom. The zero-order valence-corrected chi connectivity index (χ0v) is 17.3. The van der Waals surface area contributed by atoms with Crippen molar-refractivity contribution in [1.82, 2.24) is 0 Å². The van der Waals surface area contributed by atoms with Gasteiger partial charge in [0, 0.05) is 0 Å². The Bertz CT molecular complexity index is 1250. The Kier molecular flexibility index (Phi) is 5.40. The first-order chi connectivity index (χ1) is 14.3. The van der Waals surface area contributed by atoms with E-state index in [4.69, 9.17) is 21.1 Å². The molecule has 4 bridgehead atoms. The minimum absolute atomic E-state index is 0.0506. The number of methoxy groups -OCH3 is 1. The molecule has 5 nitrogen and oxygen atoms in total. The van der Waals surface area contributed by atoms with Crippen molar-refractivity contribution in [2.45, 2.75) is 18.1 Å². The van der Waals surface area contributed by atoms with Crippen LogP contribution in [0.3, 0.4) is 0 Å². The summed E-state index contributed by atoms with van der Waals surface area (Å²) < 4.78 is 67.9. The summed E-state index contributed by atoms with van der Waals surface area (Å²) in [5.74, 6) is -2.61. The van der Waals surface area contributed by atoms with Gasteiger partial charge in [0.2, 0.25) is 0 Å². The third kappa shape index (κ3) is 3.74. The van der Waals surface area contributed by atoms with E-state index >= 15 is 0 Å². The summed E-state index contributed by atoms with van der Waals surface area (Å²) in [7, 11) is -3.10. The number of fused-ring (bicyclic) bond motifs is 6. The fourth-order valence-corrected chi connectivity index (χ4v) is 4.99. The smallest absolute Gasteiger partial charge is 0.265 e. The minimum Gasteiger partial charge on any atom is -0.494 e. The van der Waals surface area contributed by atoms with Crippen LogP contribution < -0.4 is 9.46 Å². The molecular weight excluding hydrogens is 436 g/mol. The molecule has 30 heavy (non-hydrogen) atoms. The van der Waals surface area contributed by atoms with Gasteiger partial charge in [-0.1, -0.05) is 35.9 Å². The fourth-order valence-electron chi connectivity index (χ4n) is 3.33. The summed E-state index contributed by atoms with van der Waals surface area (Å²) in [6.07, 6.45) is 0. The Morgan fingerprint density at radius 1 is 1.10 bits per heavy atom. The van der Waals surface area contributed by atoms with Gasteiger partial charge in [-0.15, -0.1) is 0 Å². The predicted molar refractivity (Wildman–Crippen MR) is 109 cm³/mol. The van der Waals surface area contributed by atoms with Crippen LogP contribution in [0.5, 0.6) is 5.75 Å². The van der Waals surface area contributed by atoms with Crippen molar-refractivity contribution >= 4 is 27.3 Å². The lowest BCUT2D eigenvalue weighted by Crippen LogP contribution is -2.16. The second-order valence-electron chi connectivity index (χ2n) is 6.68. The van der Waals surface area contributed by atoms with Crippen LogP contribution in [0.4, 0.5) is 14.5 Å². The Balaban J connectivity index is 1.98. The Hall–Kier alpha value is -2.68. The van der Waals surface area contributed by atoms with E-state index < -0.39 is 27.3 Å². The van der Waals surface area contributed by atoms with Gasteiger partial charge in [-0.25, -0.2) is 17.2 Å². The van der Waals surface area contributed by atoms with Gasteiger partial charge in [0.25, 0.3) is 10.0 Å². The van der Waals surface area contributed by atoms with Gasteiger partial charge in [-0.2, -0.15) is 0 Å². The van der Waals surface area contributed by atoms with E-state index in [2.05, 4.69) is 4.72 Å². The molecule has 0 radical (unpaired) electrons. The summed E-state index contributed by atoms with van der Waals surface area (Å²) in [5, 5.41) is 0.0506. The standard InChI is InChI=1S/C21H16ClF2NO4S/c1-28-21-16(22)6-12-7-19(21)30(26,27)25-18-9-14(8-17(23)20(18)24)15-5-3-2-4-13(15)11-29-10-12/h2-9,25H,10-11H2,1H3. The summed E-state index contributed by atoms with van der Waals surface area (Å²) in [5.41, 5.74) is 1.59. The molecule has 3 aromatic carbocycles. The lowest BCUT2D eigenvalue weighted by Gasteiger charge is -2.15.